The predicted molar refractivity (Wildman–Crippen MR) is 85.6 cm³/mol. The molecule has 0 fully saturated rings. The number of nitrogens with two attached hydrogens (primary N) is 1. The standard InChI is InChI=1S/C15H24N2OS/c1-11(2)10-19-8-4-5-15(18)17-14-7-6-13(16)9-12(14)3/h6-7,9,11H,4-5,8,10,16H2,1-3H3,(H,17,18). The van der Waals surface area contributed by atoms with Crippen LogP contribution in [0, 0.1) is 12.8 Å². The minimum Gasteiger partial charge on any atom is -0.399 e. The lowest BCUT2D eigenvalue weighted by Gasteiger charge is -2.09. The van der Waals surface area contributed by atoms with Crippen LogP contribution >= 0.6 is 11.8 Å². The molecule has 0 saturated carbocycles. The van der Waals surface area contributed by atoms with Crippen molar-refractivity contribution < 1.29 is 4.79 Å². The van der Waals surface area contributed by atoms with Gasteiger partial charge in [0.2, 0.25) is 5.91 Å². The lowest BCUT2D eigenvalue weighted by atomic mass is 10.1. The van der Waals surface area contributed by atoms with Gasteiger partial charge in [0.05, 0.1) is 0 Å². The highest BCUT2D eigenvalue weighted by Crippen LogP contribution is 2.18. The number of aryl methyl sites for hydroxylation is 1. The number of hydrogen-bond donors (Lipinski definition) is 2. The molecule has 3 N–H and O–H groups in total. The molecular formula is C15H24N2OS. The molecule has 0 bridgehead atoms. The molecule has 19 heavy (non-hydrogen) atoms. The van der Waals surface area contributed by atoms with E-state index < -0.39 is 0 Å². The first kappa shape index (κ1) is 15.9. The molecule has 0 heterocycles. The van der Waals surface area contributed by atoms with Gasteiger partial charge in [0.1, 0.15) is 0 Å². The third kappa shape index (κ3) is 6.53. The van der Waals surface area contributed by atoms with E-state index in [2.05, 4.69) is 19.2 Å². The molecule has 0 aromatic heterocycles. The molecule has 4 heteroatoms. The first-order valence-electron chi connectivity index (χ1n) is 6.72. The summed E-state index contributed by atoms with van der Waals surface area (Å²) in [5.74, 6) is 3.01. The van der Waals surface area contributed by atoms with E-state index in [1.807, 2.05) is 30.8 Å². The van der Waals surface area contributed by atoms with Crippen LogP contribution in [-0.4, -0.2) is 17.4 Å². The maximum Gasteiger partial charge on any atom is 0.224 e. The van der Waals surface area contributed by atoms with E-state index in [0.717, 1.165) is 35.0 Å². The molecule has 0 atom stereocenters. The summed E-state index contributed by atoms with van der Waals surface area (Å²) >= 11 is 1.92. The number of rotatable bonds is 7. The van der Waals surface area contributed by atoms with Gasteiger partial charge in [0.15, 0.2) is 0 Å². The first-order chi connectivity index (χ1) is 8.99. The average molecular weight is 280 g/mol. The summed E-state index contributed by atoms with van der Waals surface area (Å²) in [5.41, 5.74) is 8.26. The van der Waals surface area contributed by atoms with Crippen LogP contribution in [0.5, 0.6) is 0 Å². The largest absolute Gasteiger partial charge is 0.399 e. The summed E-state index contributed by atoms with van der Waals surface area (Å²) in [6, 6.07) is 5.53. The maximum atomic E-state index is 11.8. The van der Waals surface area contributed by atoms with Crippen molar-refractivity contribution >= 4 is 29.0 Å². The number of anilines is 2. The van der Waals surface area contributed by atoms with Gasteiger partial charge >= 0.3 is 0 Å². The SMILES string of the molecule is Cc1cc(N)ccc1NC(=O)CCCSCC(C)C. The number of hydrogen-bond acceptors (Lipinski definition) is 3. The molecule has 0 radical (unpaired) electrons. The lowest BCUT2D eigenvalue weighted by molar-refractivity contribution is -0.116. The van der Waals surface area contributed by atoms with Crippen molar-refractivity contribution in [3.8, 4) is 0 Å². The quantitative estimate of drug-likeness (QED) is 0.591. The number of carbonyl (C=O) groups is 1. The third-order valence-corrected chi connectivity index (χ3v) is 4.15. The van der Waals surface area contributed by atoms with Crippen molar-refractivity contribution in [3.05, 3.63) is 23.8 Å². The van der Waals surface area contributed by atoms with Crippen molar-refractivity contribution in [1.29, 1.82) is 0 Å². The molecule has 106 valence electrons. The second-order valence-corrected chi connectivity index (χ2v) is 6.34. The third-order valence-electron chi connectivity index (χ3n) is 2.67. The van der Waals surface area contributed by atoms with Crippen LogP contribution in [0.2, 0.25) is 0 Å². The molecule has 0 unspecified atom stereocenters. The lowest BCUT2D eigenvalue weighted by Crippen LogP contribution is -2.12. The Morgan fingerprint density at radius 3 is 2.79 bits per heavy atom. The summed E-state index contributed by atoms with van der Waals surface area (Å²) in [4.78, 5) is 11.8. The van der Waals surface area contributed by atoms with Gasteiger partial charge in [-0.05, 0) is 54.5 Å². The Morgan fingerprint density at radius 1 is 1.42 bits per heavy atom. The Labute approximate surface area is 120 Å². The zero-order valence-corrected chi connectivity index (χ0v) is 12.8. The second kappa shape index (κ2) is 8.10. The van der Waals surface area contributed by atoms with Gasteiger partial charge in [-0.2, -0.15) is 11.8 Å². The fourth-order valence-corrected chi connectivity index (χ4v) is 2.68. The monoisotopic (exact) mass is 280 g/mol. The smallest absolute Gasteiger partial charge is 0.224 e. The summed E-state index contributed by atoms with van der Waals surface area (Å²) in [5, 5.41) is 2.93. The number of amides is 1. The van der Waals surface area contributed by atoms with Crippen LogP contribution in [0.25, 0.3) is 0 Å². The van der Waals surface area contributed by atoms with E-state index in [9.17, 15) is 4.79 Å². The Hall–Kier alpha value is -1.16. The van der Waals surface area contributed by atoms with Gasteiger partial charge in [-0.1, -0.05) is 13.8 Å². The van der Waals surface area contributed by atoms with E-state index >= 15 is 0 Å². The minimum absolute atomic E-state index is 0.0815. The van der Waals surface area contributed by atoms with Crippen LogP contribution in [0.1, 0.15) is 32.3 Å². The van der Waals surface area contributed by atoms with Gasteiger partial charge in [0, 0.05) is 17.8 Å². The van der Waals surface area contributed by atoms with Crippen molar-refractivity contribution in [2.75, 3.05) is 22.6 Å². The molecular weight excluding hydrogens is 256 g/mol. The summed E-state index contributed by atoms with van der Waals surface area (Å²) < 4.78 is 0. The fraction of sp³-hybridized carbons (Fsp3) is 0.533. The van der Waals surface area contributed by atoms with Crippen molar-refractivity contribution in [1.82, 2.24) is 0 Å². The molecule has 1 aromatic carbocycles. The number of nitrogens with one attached hydrogen (secondary N) is 1. The molecule has 3 nitrogen and oxygen atoms in total. The molecule has 0 spiro atoms. The van der Waals surface area contributed by atoms with Gasteiger partial charge < -0.3 is 11.1 Å². The highest BCUT2D eigenvalue weighted by Gasteiger charge is 2.05. The summed E-state index contributed by atoms with van der Waals surface area (Å²) in [6.45, 7) is 6.37. The number of benzene rings is 1. The van der Waals surface area contributed by atoms with Crippen LogP contribution in [0.4, 0.5) is 11.4 Å². The van der Waals surface area contributed by atoms with E-state index in [1.54, 1.807) is 6.07 Å². The summed E-state index contributed by atoms with van der Waals surface area (Å²) in [6.07, 6.45) is 1.51. The zero-order chi connectivity index (χ0) is 14.3. The zero-order valence-electron chi connectivity index (χ0n) is 12.0. The van der Waals surface area contributed by atoms with Crippen LogP contribution in [-0.2, 0) is 4.79 Å². The van der Waals surface area contributed by atoms with Crippen LogP contribution < -0.4 is 11.1 Å². The number of thioether (sulfide) groups is 1. The number of nitrogen functional groups attached to an aromatic ring is 1. The predicted octanol–water partition coefficient (Wildman–Crippen LogP) is 3.69. The van der Waals surface area contributed by atoms with Gasteiger partial charge in [-0.15, -0.1) is 0 Å². The Balaban J connectivity index is 2.27. The topological polar surface area (TPSA) is 55.1 Å². The van der Waals surface area contributed by atoms with E-state index in [-0.39, 0.29) is 5.91 Å². The van der Waals surface area contributed by atoms with Gasteiger partial charge in [-0.3, -0.25) is 4.79 Å². The molecule has 1 aromatic rings. The second-order valence-electron chi connectivity index (χ2n) is 5.19. The van der Waals surface area contributed by atoms with Crippen molar-refractivity contribution in [2.24, 2.45) is 5.92 Å². The van der Waals surface area contributed by atoms with E-state index in [0.29, 0.717) is 6.42 Å². The normalized spacial score (nSPS) is 10.7. The van der Waals surface area contributed by atoms with E-state index in [1.165, 1.54) is 5.75 Å². The fourth-order valence-electron chi connectivity index (χ4n) is 1.69. The van der Waals surface area contributed by atoms with Crippen molar-refractivity contribution in [2.45, 2.75) is 33.6 Å². The molecule has 0 aliphatic heterocycles. The number of carbonyl (C=O) groups excluding carboxylic acids is 1. The highest BCUT2D eigenvalue weighted by atomic mass is 32.2. The minimum atomic E-state index is 0.0815. The molecule has 0 saturated heterocycles. The summed E-state index contributed by atoms with van der Waals surface area (Å²) in [7, 11) is 0. The van der Waals surface area contributed by atoms with Crippen LogP contribution in [0.15, 0.2) is 18.2 Å². The Kier molecular flexibility index (Phi) is 6.78. The van der Waals surface area contributed by atoms with E-state index in [4.69, 9.17) is 5.73 Å². The average Bonchev–Trinajstić information content (AvgIpc) is 2.32. The highest BCUT2D eigenvalue weighted by molar-refractivity contribution is 7.99. The van der Waals surface area contributed by atoms with Gasteiger partial charge in [0.25, 0.3) is 0 Å². The Bertz CT molecular complexity index is 419. The Morgan fingerprint density at radius 2 is 2.16 bits per heavy atom. The van der Waals surface area contributed by atoms with Crippen LogP contribution in [0.3, 0.4) is 0 Å². The maximum absolute atomic E-state index is 11.8. The molecule has 1 amide bonds. The molecule has 0 aliphatic rings. The molecule has 0 aliphatic carbocycles. The van der Waals surface area contributed by atoms with Gasteiger partial charge in [-0.25, -0.2) is 0 Å². The molecule has 1 rings (SSSR count). The van der Waals surface area contributed by atoms with Crippen molar-refractivity contribution in [3.63, 3.8) is 0 Å². The first-order valence-corrected chi connectivity index (χ1v) is 7.88.